The van der Waals surface area contributed by atoms with Crippen LogP contribution in [0.5, 0.6) is 0 Å². The fourth-order valence-electron chi connectivity index (χ4n) is 4.50. The molecule has 0 aliphatic rings. The van der Waals surface area contributed by atoms with Crippen molar-refractivity contribution in [2.24, 2.45) is 0 Å². The van der Waals surface area contributed by atoms with Gasteiger partial charge in [0.15, 0.2) is 34.9 Å². The molecule has 0 aromatic heterocycles. The third-order valence-corrected chi connectivity index (χ3v) is 5.99. The molecule has 0 unspecified atom stereocenters. The van der Waals surface area contributed by atoms with Crippen molar-refractivity contribution < 1.29 is 43.9 Å². The Labute approximate surface area is 201 Å². The summed E-state index contributed by atoms with van der Waals surface area (Å²) in [6.07, 6.45) is -5.79. The molecule has 5 rings (SSSR count). The summed E-state index contributed by atoms with van der Waals surface area (Å²) in [4.78, 5) is 0. The molecule has 0 fully saturated rings. The van der Waals surface area contributed by atoms with Crippen molar-refractivity contribution in [1.82, 2.24) is 0 Å². The van der Waals surface area contributed by atoms with Gasteiger partial charge in [0, 0.05) is 16.5 Å². The highest BCUT2D eigenvalue weighted by molar-refractivity contribution is 6.21. The lowest BCUT2D eigenvalue weighted by Crippen LogP contribution is -2.16. The van der Waals surface area contributed by atoms with E-state index < -0.39 is 74.4 Å². The molecule has 10 heteroatoms. The van der Waals surface area contributed by atoms with Crippen molar-refractivity contribution in [3.8, 4) is 22.3 Å². The van der Waals surface area contributed by atoms with Gasteiger partial charge in [-0.05, 0) is 39.9 Å². The molecule has 0 nitrogen and oxygen atoms in total. The Hall–Kier alpha value is -4.08. The van der Waals surface area contributed by atoms with E-state index in [-0.39, 0.29) is 21.9 Å². The van der Waals surface area contributed by atoms with E-state index in [1.165, 1.54) is 12.1 Å². The average Bonchev–Trinajstić information content (AvgIpc) is 2.84. The predicted octanol–water partition coefficient (Wildman–Crippen LogP) is 9.32. The average molecular weight is 524 g/mol. The molecule has 0 aliphatic heterocycles. The van der Waals surface area contributed by atoms with Gasteiger partial charge in [-0.2, -0.15) is 13.2 Å². The SMILES string of the molecule is Fc1cc2c(-c3c(F)c(F)c(C(F)(F)F)c(F)c3F)c3cccc(F)c3c(-c3ccccc3)c2cc1F. The monoisotopic (exact) mass is 524 g/mol. The maximum Gasteiger partial charge on any atom is 0.422 e. The number of fused-ring (bicyclic) bond motifs is 2. The van der Waals surface area contributed by atoms with E-state index >= 15 is 13.2 Å². The van der Waals surface area contributed by atoms with Gasteiger partial charge in [-0.1, -0.05) is 42.5 Å². The summed E-state index contributed by atoms with van der Waals surface area (Å²) < 4.78 is 143. The highest BCUT2D eigenvalue weighted by atomic mass is 19.4. The molecule has 0 saturated heterocycles. The molecule has 5 aromatic carbocycles. The lowest BCUT2D eigenvalue weighted by Gasteiger charge is -2.20. The molecule has 0 amide bonds. The van der Waals surface area contributed by atoms with Gasteiger partial charge in [-0.3, -0.25) is 0 Å². The summed E-state index contributed by atoms with van der Waals surface area (Å²) >= 11 is 0. The van der Waals surface area contributed by atoms with Gasteiger partial charge >= 0.3 is 6.18 Å². The van der Waals surface area contributed by atoms with Crippen LogP contribution in [0.25, 0.3) is 43.8 Å². The fraction of sp³-hybridized carbons (Fsp3) is 0.0370. The Morgan fingerprint density at radius 3 is 1.54 bits per heavy atom. The van der Waals surface area contributed by atoms with E-state index in [9.17, 15) is 30.7 Å². The van der Waals surface area contributed by atoms with Crippen LogP contribution in [0.1, 0.15) is 5.56 Å². The van der Waals surface area contributed by atoms with Crippen LogP contribution in [-0.4, -0.2) is 0 Å². The molecular formula is C27H10F10. The normalized spacial score (nSPS) is 12.1. The summed E-state index contributed by atoms with van der Waals surface area (Å²) in [6, 6.07) is 11.9. The zero-order valence-electron chi connectivity index (χ0n) is 18.1. The Bertz CT molecular complexity index is 1690. The largest absolute Gasteiger partial charge is 0.422 e. The molecule has 0 aliphatic carbocycles. The van der Waals surface area contributed by atoms with Crippen LogP contribution in [0.2, 0.25) is 0 Å². The molecule has 0 spiro atoms. The van der Waals surface area contributed by atoms with Crippen LogP contribution in [0.3, 0.4) is 0 Å². The van der Waals surface area contributed by atoms with Crippen molar-refractivity contribution in [1.29, 1.82) is 0 Å². The summed E-state index contributed by atoms with van der Waals surface area (Å²) in [6.45, 7) is 0. The van der Waals surface area contributed by atoms with Gasteiger partial charge in [0.05, 0.1) is 5.56 Å². The minimum Gasteiger partial charge on any atom is -0.206 e. The summed E-state index contributed by atoms with van der Waals surface area (Å²) in [5.41, 5.74) is -5.06. The predicted molar refractivity (Wildman–Crippen MR) is 117 cm³/mol. The Kier molecular flexibility index (Phi) is 5.65. The van der Waals surface area contributed by atoms with E-state index in [1.807, 2.05) is 0 Å². The molecule has 0 N–H and O–H groups in total. The van der Waals surface area contributed by atoms with Gasteiger partial charge in [-0.15, -0.1) is 0 Å². The second kappa shape index (κ2) is 8.50. The summed E-state index contributed by atoms with van der Waals surface area (Å²) in [7, 11) is 0. The minimum absolute atomic E-state index is 0.0416. The van der Waals surface area contributed by atoms with E-state index in [1.54, 1.807) is 18.2 Å². The Balaban J connectivity index is 2.09. The van der Waals surface area contributed by atoms with E-state index in [0.29, 0.717) is 12.1 Å². The zero-order chi connectivity index (χ0) is 26.8. The second-order valence-corrected chi connectivity index (χ2v) is 8.09. The summed E-state index contributed by atoms with van der Waals surface area (Å²) in [5, 5.41) is -1.63. The van der Waals surface area contributed by atoms with Gasteiger partial charge in [-0.25, -0.2) is 30.7 Å². The van der Waals surface area contributed by atoms with Crippen LogP contribution in [0.15, 0.2) is 60.7 Å². The molecule has 5 aromatic rings. The quantitative estimate of drug-likeness (QED) is 0.123. The smallest absolute Gasteiger partial charge is 0.206 e. The zero-order valence-corrected chi connectivity index (χ0v) is 18.1. The van der Waals surface area contributed by atoms with Crippen molar-refractivity contribution >= 4 is 21.5 Å². The van der Waals surface area contributed by atoms with Crippen LogP contribution in [0, 0.1) is 40.7 Å². The Morgan fingerprint density at radius 1 is 0.459 bits per heavy atom. The minimum atomic E-state index is -5.79. The standard InChI is InChI=1S/C27H10F10/c28-15-8-4-7-12-19(21-23(31)25(33)22(27(35,36)37)26(34)24(21)32)14-10-17(30)16(29)9-13(14)18(20(12)15)11-5-2-1-3-6-11/h1-10H. The maximum absolute atomic E-state index is 15.3. The third kappa shape index (κ3) is 3.70. The molecule has 0 atom stereocenters. The van der Waals surface area contributed by atoms with E-state index in [2.05, 4.69) is 0 Å². The van der Waals surface area contributed by atoms with E-state index in [0.717, 1.165) is 18.2 Å². The van der Waals surface area contributed by atoms with Crippen molar-refractivity contribution in [3.63, 3.8) is 0 Å². The molecule has 0 saturated carbocycles. The number of hydrogen-bond acceptors (Lipinski definition) is 0. The number of hydrogen-bond donors (Lipinski definition) is 0. The summed E-state index contributed by atoms with van der Waals surface area (Å²) in [5.74, 6) is -14.3. The van der Waals surface area contributed by atoms with Crippen LogP contribution < -0.4 is 0 Å². The second-order valence-electron chi connectivity index (χ2n) is 8.09. The van der Waals surface area contributed by atoms with E-state index in [4.69, 9.17) is 0 Å². The molecular weight excluding hydrogens is 514 g/mol. The Morgan fingerprint density at radius 2 is 1.00 bits per heavy atom. The first-order valence-corrected chi connectivity index (χ1v) is 10.4. The van der Waals surface area contributed by atoms with Gasteiger partial charge in [0.1, 0.15) is 11.4 Å². The van der Waals surface area contributed by atoms with Crippen LogP contribution in [-0.2, 0) is 6.18 Å². The highest BCUT2D eigenvalue weighted by Crippen LogP contribution is 2.48. The van der Waals surface area contributed by atoms with Crippen molar-refractivity contribution in [2.45, 2.75) is 6.18 Å². The van der Waals surface area contributed by atoms with Gasteiger partial charge < -0.3 is 0 Å². The first-order valence-electron chi connectivity index (χ1n) is 10.4. The first kappa shape index (κ1) is 24.6. The topological polar surface area (TPSA) is 0 Å². The van der Waals surface area contributed by atoms with Crippen LogP contribution >= 0.6 is 0 Å². The molecule has 0 bridgehead atoms. The highest BCUT2D eigenvalue weighted by Gasteiger charge is 2.43. The van der Waals surface area contributed by atoms with Crippen LogP contribution in [0.4, 0.5) is 43.9 Å². The third-order valence-electron chi connectivity index (χ3n) is 5.99. The molecule has 0 heterocycles. The van der Waals surface area contributed by atoms with Gasteiger partial charge in [0.25, 0.3) is 0 Å². The number of alkyl halides is 3. The molecule has 188 valence electrons. The van der Waals surface area contributed by atoms with Gasteiger partial charge in [0.2, 0.25) is 0 Å². The lowest BCUT2D eigenvalue weighted by molar-refractivity contribution is -0.143. The lowest BCUT2D eigenvalue weighted by atomic mass is 9.85. The number of rotatable bonds is 2. The first-order chi connectivity index (χ1) is 17.4. The maximum atomic E-state index is 15.3. The number of halogens is 10. The molecule has 37 heavy (non-hydrogen) atoms. The van der Waals surface area contributed by atoms with Crippen molar-refractivity contribution in [3.05, 3.63) is 107 Å². The van der Waals surface area contributed by atoms with Crippen molar-refractivity contribution in [2.75, 3.05) is 0 Å². The fourth-order valence-corrected chi connectivity index (χ4v) is 4.50. The number of benzene rings is 5. The molecule has 0 radical (unpaired) electrons.